The second-order valence-electron chi connectivity index (χ2n) is 9.30. The molecule has 4 aromatic carbocycles. The number of amides is 1. The molecule has 0 unspecified atom stereocenters. The molecule has 0 spiro atoms. The summed E-state index contributed by atoms with van der Waals surface area (Å²) in [6.45, 7) is 0.114. The number of aliphatic carboxylic acids is 1. The van der Waals surface area contributed by atoms with Crippen LogP contribution in [0.3, 0.4) is 0 Å². The summed E-state index contributed by atoms with van der Waals surface area (Å²) in [6.07, 6.45) is -0.656. The monoisotopic (exact) mass is 523 g/mol. The van der Waals surface area contributed by atoms with Gasteiger partial charge in [0.2, 0.25) is 0 Å². The number of carbonyl (C=O) groups excluding carboxylic acids is 1. The van der Waals surface area contributed by atoms with E-state index in [0.717, 1.165) is 38.9 Å². The van der Waals surface area contributed by atoms with Gasteiger partial charge in [-0.1, -0.05) is 84.9 Å². The van der Waals surface area contributed by atoms with Crippen LogP contribution in [0, 0.1) is 0 Å². The van der Waals surface area contributed by atoms with Crippen LogP contribution in [0.2, 0.25) is 0 Å². The van der Waals surface area contributed by atoms with Gasteiger partial charge in [0.25, 0.3) is 0 Å². The fraction of sp³-hybridized carbons (Fsp3) is 0.188. The molecule has 0 bridgehead atoms. The number of nitrogens with one attached hydrogen (secondary N) is 1. The number of rotatable bonds is 9. The predicted molar refractivity (Wildman–Crippen MR) is 148 cm³/mol. The lowest BCUT2D eigenvalue weighted by molar-refractivity contribution is -0.139. The molecule has 7 heteroatoms. The zero-order valence-corrected chi connectivity index (χ0v) is 21.7. The van der Waals surface area contributed by atoms with E-state index in [2.05, 4.69) is 17.4 Å². The first kappa shape index (κ1) is 25.9. The summed E-state index contributed by atoms with van der Waals surface area (Å²) in [6, 6.07) is 28.0. The number of carbonyl (C=O) groups is 2. The van der Waals surface area contributed by atoms with Gasteiger partial charge in [-0.3, -0.25) is 0 Å². The minimum absolute atomic E-state index is 0.104. The Kier molecular flexibility index (Phi) is 7.50. The van der Waals surface area contributed by atoms with Gasteiger partial charge in [-0.25, -0.2) is 9.59 Å². The van der Waals surface area contributed by atoms with Crippen molar-refractivity contribution in [2.75, 3.05) is 20.8 Å². The molecule has 4 aromatic rings. The van der Waals surface area contributed by atoms with Crippen LogP contribution in [0.4, 0.5) is 4.79 Å². The fourth-order valence-corrected chi connectivity index (χ4v) is 5.15. The quantitative estimate of drug-likeness (QED) is 0.284. The number of ether oxygens (including phenoxy) is 3. The third kappa shape index (κ3) is 5.29. The maximum atomic E-state index is 12.7. The normalized spacial score (nSPS) is 12.7. The van der Waals surface area contributed by atoms with Crippen LogP contribution in [-0.2, 0) is 16.0 Å². The Morgan fingerprint density at radius 3 is 2.00 bits per heavy atom. The molecule has 1 amide bonds. The number of benzene rings is 4. The van der Waals surface area contributed by atoms with E-state index in [9.17, 15) is 14.7 Å². The summed E-state index contributed by atoms with van der Waals surface area (Å²) >= 11 is 0. The van der Waals surface area contributed by atoms with Crippen LogP contribution >= 0.6 is 0 Å². The average Bonchev–Trinajstić information content (AvgIpc) is 3.29. The Morgan fingerprint density at radius 2 is 1.41 bits per heavy atom. The lowest BCUT2D eigenvalue weighted by Gasteiger charge is -2.18. The Balaban J connectivity index is 1.24. The number of para-hydroxylation sites is 1. The molecule has 0 aromatic heterocycles. The van der Waals surface area contributed by atoms with Crippen LogP contribution in [-0.4, -0.2) is 44.0 Å². The highest BCUT2D eigenvalue weighted by Crippen LogP contribution is 2.44. The van der Waals surface area contributed by atoms with Gasteiger partial charge in [0, 0.05) is 17.9 Å². The van der Waals surface area contributed by atoms with Crippen molar-refractivity contribution in [2.24, 2.45) is 0 Å². The molecular formula is C32H29NO6. The van der Waals surface area contributed by atoms with Gasteiger partial charge in [-0.05, 0) is 39.4 Å². The van der Waals surface area contributed by atoms with Gasteiger partial charge in [0.05, 0.1) is 14.2 Å². The lowest BCUT2D eigenvalue weighted by atomic mass is 9.98. The Labute approximate surface area is 227 Å². The molecule has 1 atom stereocenters. The van der Waals surface area contributed by atoms with E-state index in [0.29, 0.717) is 11.5 Å². The molecule has 0 fully saturated rings. The number of carboxylic acid groups (broad SMARTS) is 1. The SMILES string of the molecule is COc1cccc(-c2ccc(C[C@H](NC(=O)OCC3c4ccccc4-c4ccccc43)C(=O)O)cc2)c1OC. The second kappa shape index (κ2) is 11.3. The van der Waals surface area contributed by atoms with E-state index in [1.54, 1.807) is 14.2 Å². The topological polar surface area (TPSA) is 94.1 Å². The van der Waals surface area contributed by atoms with Gasteiger partial charge in [0.15, 0.2) is 11.5 Å². The largest absolute Gasteiger partial charge is 0.493 e. The Morgan fingerprint density at radius 1 is 0.795 bits per heavy atom. The van der Waals surface area contributed by atoms with Crippen molar-refractivity contribution in [2.45, 2.75) is 18.4 Å². The Bertz CT molecular complexity index is 1450. The first-order valence-corrected chi connectivity index (χ1v) is 12.6. The summed E-state index contributed by atoms with van der Waals surface area (Å²) in [5, 5.41) is 12.3. The van der Waals surface area contributed by atoms with Crippen LogP contribution in [0.5, 0.6) is 11.5 Å². The standard InChI is InChI=1S/C32H29NO6/c1-37-29-13-7-12-22(30(29)38-2)21-16-14-20(15-17-21)18-28(31(34)35)33-32(36)39-19-27-25-10-5-3-8-23(25)24-9-4-6-11-26(24)27/h3-17,27-28H,18-19H2,1-2H3,(H,33,36)(H,34,35)/t28-/m0/s1. The third-order valence-corrected chi connectivity index (χ3v) is 7.04. The van der Waals surface area contributed by atoms with Crippen molar-refractivity contribution in [3.8, 4) is 33.8 Å². The summed E-state index contributed by atoms with van der Waals surface area (Å²) in [4.78, 5) is 24.6. The first-order valence-electron chi connectivity index (χ1n) is 12.6. The molecule has 1 aliphatic rings. The lowest BCUT2D eigenvalue weighted by Crippen LogP contribution is -2.42. The van der Waals surface area contributed by atoms with Crippen molar-refractivity contribution in [1.82, 2.24) is 5.32 Å². The van der Waals surface area contributed by atoms with Crippen molar-refractivity contribution in [3.05, 3.63) is 108 Å². The van der Waals surface area contributed by atoms with Crippen LogP contribution < -0.4 is 14.8 Å². The number of carboxylic acids is 1. The highest BCUT2D eigenvalue weighted by Gasteiger charge is 2.30. The minimum atomic E-state index is -1.14. The third-order valence-electron chi connectivity index (χ3n) is 7.04. The highest BCUT2D eigenvalue weighted by molar-refractivity contribution is 5.81. The van der Waals surface area contributed by atoms with Crippen molar-refractivity contribution in [3.63, 3.8) is 0 Å². The average molecular weight is 524 g/mol. The molecule has 1 aliphatic carbocycles. The molecule has 5 rings (SSSR count). The number of hydrogen-bond acceptors (Lipinski definition) is 5. The molecule has 0 heterocycles. The maximum absolute atomic E-state index is 12.7. The first-order chi connectivity index (χ1) is 19.0. The highest BCUT2D eigenvalue weighted by atomic mass is 16.5. The number of alkyl carbamates (subject to hydrolysis) is 1. The molecule has 0 saturated carbocycles. The van der Waals surface area contributed by atoms with Crippen molar-refractivity contribution < 1.29 is 28.9 Å². The molecule has 0 aliphatic heterocycles. The molecule has 198 valence electrons. The van der Waals surface area contributed by atoms with Crippen molar-refractivity contribution >= 4 is 12.1 Å². The van der Waals surface area contributed by atoms with E-state index < -0.39 is 18.1 Å². The number of fused-ring (bicyclic) bond motifs is 3. The minimum Gasteiger partial charge on any atom is -0.493 e. The number of methoxy groups -OCH3 is 2. The fourth-order valence-electron chi connectivity index (χ4n) is 5.15. The second-order valence-corrected chi connectivity index (χ2v) is 9.30. The molecule has 0 radical (unpaired) electrons. The van der Waals surface area contributed by atoms with Crippen LogP contribution in [0.1, 0.15) is 22.6 Å². The van der Waals surface area contributed by atoms with Gasteiger partial charge in [-0.2, -0.15) is 0 Å². The maximum Gasteiger partial charge on any atom is 0.407 e. The molecule has 39 heavy (non-hydrogen) atoms. The summed E-state index contributed by atoms with van der Waals surface area (Å²) in [7, 11) is 3.17. The molecule has 7 nitrogen and oxygen atoms in total. The summed E-state index contributed by atoms with van der Waals surface area (Å²) in [5.41, 5.74) is 6.94. The smallest absolute Gasteiger partial charge is 0.407 e. The molecule has 0 saturated heterocycles. The van der Waals surface area contributed by atoms with Gasteiger partial charge in [-0.15, -0.1) is 0 Å². The van der Waals surface area contributed by atoms with E-state index >= 15 is 0 Å². The zero-order valence-electron chi connectivity index (χ0n) is 21.7. The van der Waals surface area contributed by atoms with Gasteiger partial charge in [0.1, 0.15) is 12.6 Å². The Hall–Kier alpha value is -4.78. The zero-order chi connectivity index (χ0) is 27.4. The van der Waals surface area contributed by atoms with E-state index in [-0.39, 0.29) is 18.9 Å². The van der Waals surface area contributed by atoms with E-state index in [4.69, 9.17) is 14.2 Å². The predicted octanol–water partition coefficient (Wildman–Crippen LogP) is 5.91. The van der Waals surface area contributed by atoms with Crippen molar-refractivity contribution in [1.29, 1.82) is 0 Å². The van der Waals surface area contributed by atoms with Crippen LogP contribution in [0.25, 0.3) is 22.3 Å². The molecular weight excluding hydrogens is 494 g/mol. The molecule has 2 N–H and O–H groups in total. The van der Waals surface area contributed by atoms with Crippen LogP contribution in [0.15, 0.2) is 91.0 Å². The summed E-state index contributed by atoms with van der Waals surface area (Å²) < 4.78 is 16.5. The summed E-state index contributed by atoms with van der Waals surface area (Å²) in [5.74, 6) is 0.0000170. The van der Waals surface area contributed by atoms with Gasteiger partial charge >= 0.3 is 12.1 Å². The van der Waals surface area contributed by atoms with Gasteiger partial charge < -0.3 is 24.6 Å². The van der Waals surface area contributed by atoms with E-state index in [1.165, 1.54) is 0 Å². The van der Waals surface area contributed by atoms with E-state index in [1.807, 2.05) is 78.9 Å². The number of hydrogen-bond donors (Lipinski definition) is 2.